The van der Waals surface area contributed by atoms with Gasteiger partial charge in [0.15, 0.2) is 0 Å². The van der Waals surface area contributed by atoms with Gasteiger partial charge in [0.25, 0.3) is 0 Å². The van der Waals surface area contributed by atoms with Crippen LogP contribution in [0.2, 0.25) is 0 Å². The first-order valence-electron chi connectivity index (χ1n) is 7.87. The molecule has 2 fully saturated rings. The number of rotatable bonds is 2. The van der Waals surface area contributed by atoms with E-state index in [-0.39, 0.29) is 11.8 Å². The summed E-state index contributed by atoms with van der Waals surface area (Å²) in [5.74, 6) is 1.28. The number of hydrogen-bond acceptors (Lipinski definition) is 4. The van der Waals surface area contributed by atoms with Crippen LogP contribution in [0.1, 0.15) is 37.7 Å². The summed E-state index contributed by atoms with van der Waals surface area (Å²) in [7, 11) is 1.74. The van der Waals surface area contributed by atoms with Crippen LogP contribution in [0.25, 0.3) is 0 Å². The highest BCUT2D eigenvalue weighted by molar-refractivity contribution is 5.78. The van der Waals surface area contributed by atoms with Gasteiger partial charge in [-0.3, -0.25) is 4.79 Å². The lowest BCUT2D eigenvalue weighted by Gasteiger charge is -2.39. The Labute approximate surface area is 126 Å². The van der Waals surface area contributed by atoms with Crippen LogP contribution < -0.4 is 10.2 Å². The first-order valence-corrected chi connectivity index (χ1v) is 7.87. The average molecular weight is 288 g/mol. The fraction of sp³-hybridized carbons (Fsp3) is 0.688. The van der Waals surface area contributed by atoms with Gasteiger partial charge in [0.05, 0.1) is 0 Å². The summed E-state index contributed by atoms with van der Waals surface area (Å²) >= 11 is 0. The predicted molar refractivity (Wildman–Crippen MR) is 82.1 cm³/mol. The zero-order chi connectivity index (χ0) is 14.9. The fourth-order valence-corrected chi connectivity index (χ4v) is 3.82. The molecule has 2 heterocycles. The highest BCUT2D eigenvalue weighted by Crippen LogP contribution is 2.49. The van der Waals surface area contributed by atoms with Gasteiger partial charge in [-0.1, -0.05) is 0 Å². The Morgan fingerprint density at radius 3 is 2.57 bits per heavy atom. The standard InChI is InChI=1S/C16H24N4O/c1-12-10-18-15(19-11-12)20-7-5-16(6-8-20)4-3-13(9-16)14(21)17-2/h10-11,13H,3-9H2,1-2H3,(H,17,21). The Morgan fingerprint density at radius 1 is 1.29 bits per heavy atom. The molecule has 114 valence electrons. The maximum atomic E-state index is 11.8. The molecule has 5 heteroatoms. The summed E-state index contributed by atoms with van der Waals surface area (Å²) in [4.78, 5) is 22.9. The summed E-state index contributed by atoms with van der Waals surface area (Å²) in [5, 5.41) is 2.80. The van der Waals surface area contributed by atoms with Gasteiger partial charge in [0, 0.05) is 38.4 Å². The monoisotopic (exact) mass is 288 g/mol. The van der Waals surface area contributed by atoms with Crippen molar-refractivity contribution in [1.82, 2.24) is 15.3 Å². The number of carbonyl (C=O) groups is 1. The molecule has 5 nitrogen and oxygen atoms in total. The van der Waals surface area contributed by atoms with E-state index in [1.807, 2.05) is 19.3 Å². The predicted octanol–water partition coefficient (Wildman–Crippen LogP) is 1.92. The van der Waals surface area contributed by atoms with Crippen LogP contribution in [0.5, 0.6) is 0 Å². The van der Waals surface area contributed by atoms with Crippen molar-refractivity contribution < 1.29 is 4.79 Å². The number of carbonyl (C=O) groups excluding carboxylic acids is 1. The molecule has 0 bridgehead atoms. The smallest absolute Gasteiger partial charge is 0.225 e. The Morgan fingerprint density at radius 2 is 1.95 bits per heavy atom. The number of piperidine rings is 1. The molecule has 1 aliphatic heterocycles. The van der Waals surface area contributed by atoms with E-state index in [0.717, 1.165) is 50.3 Å². The van der Waals surface area contributed by atoms with Crippen molar-refractivity contribution in [1.29, 1.82) is 0 Å². The Bertz CT molecular complexity index is 506. The number of aryl methyl sites for hydroxylation is 1. The minimum atomic E-state index is 0.219. The molecular weight excluding hydrogens is 264 g/mol. The topological polar surface area (TPSA) is 58.1 Å². The van der Waals surface area contributed by atoms with Crippen molar-refractivity contribution in [3.8, 4) is 0 Å². The fourth-order valence-electron chi connectivity index (χ4n) is 3.82. The van der Waals surface area contributed by atoms with Crippen LogP contribution in [-0.2, 0) is 4.79 Å². The van der Waals surface area contributed by atoms with Crippen LogP contribution in [0.3, 0.4) is 0 Å². The molecule has 1 atom stereocenters. The number of anilines is 1. The van der Waals surface area contributed by atoms with Crippen molar-refractivity contribution in [2.45, 2.75) is 39.0 Å². The molecular formula is C16H24N4O. The zero-order valence-corrected chi connectivity index (χ0v) is 12.9. The van der Waals surface area contributed by atoms with E-state index < -0.39 is 0 Å². The van der Waals surface area contributed by atoms with Crippen LogP contribution in [0.15, 0.2) is 12.4 Å². The molecule has 1 N–H and O–H groups in total. The van der Waals surface area contributed by atoms with Crippen LogP contribution in [0, 0.1) is 18.3 Å². The minimum Gasteiger partial charge on any atom is -0.359 e. The number of hydrogen-bond donors (Lipinski definition) is 1. The van der Waals surface area contributed by atoms with E-state index in [0.29, 0.717) is 5.41 Å². The van der Waals surface area contributed by atoms with Gasteiger partial charge < -0.3 is 10.2 Å². The van der Waals surface area contributed by atoms with E-state index in [1.165, 1.54) is 6.42 Å². The van der Waals surface area contributed by atoms with Crippen LogP contribution >= 0.6 is 0 Å². The summed E-state index contributed by atoms with van der Waals surface area (Å²) in [6, 6.07) is 0. The molecule has 3 rings (SSSR count). The van der Waals surface area contributed by atoms with Crippen molar-refractivity contribution in [3.63, 3.8) is 0 Å². The second kappa shape index (κ2) is 5.62. The Hall–Kier alpha value is -1.65. The van der Waals surface area contributed by atoms with E-state index in [4.69, 9.17) is 0 Å². The number of amides is 1. The van der Waals surface area contributed by atoms with Crippen molar-refractivity contribution >= 4 is 11.9 Å². The van der Waals surface area contributed by atoms with Gasteiger partial charge in [-0.2, -0.15) is 0 Å². The molecule has 0 aromatic carbocycles. The molecule has 1 saturated heterocycles. The zero-order valence-electron chi connectivity index (χ0n) is 12.9. The highest BCUT2D eigenvalue weighted by atomic mass is 16.1. The molecule has 1 unspecified atom stereocenters. The third-order valence-corrected chi connectivity index (χ3v) is 5.19. The lowest BCUT2D eigenvalue weighted by atomic mass is 9.76. The van der Waals surface area contributed by atoms with E-state index in [9.17, 15) is 4.79 Å². The summed E-state index contributed by atoms with van der Waals surface area (Å²) in [6.45, 7) is 4.01. The largest absolute Gasteiger partial charge is 0.359 e. The lowest BCUT2D eigenvalue weighted by molar-refractivity contribution is -0.124. The molecule has 2 aliphatic rings. The molecule has 1 saturated carbocycles. The summed E-state index contributed by atoms with van der Waals surface area (Å²) in [5.41, 5.74) is 1.47. The molecule has 1 spiro atoms. The van der Waals surface area contributed by atoms with Crippen molar-refractivity contribution in [2.75, 3.05) is 25.0 Å². The Balaban J connectivity index is 1.60. The lowest BCUT2D eigenvalue weighted by Crippen LogP contribution is -2.40. The van der Waals surface area contributed by atoms with E-state index in [1.54, 1.807) is 7.05 Å². The maximum Gasteiger partial charge on any atom is 0.225 e. The van der Waals surface area contributed by atoms with Crippen LogP contribution in [-0.4, -0.2) is 36.0 Å². The molecule has 1 aromatic rings. The van der Waals surface area contributed by atoms with E-state index in [2.05, 4.69) is 20.2 Å². The maximum absolute atomic E-state index is 11.8. The summed E-state index contributed by atoms with van der Waals surface area (Å²) < 4.78 is 0. The molecule has 1 aromatic heterocycles. The number of aromatic nitrogens is 2. The quantitative estimate of drug-likeness (QED) is 0.903. The number of nitrogens with one attached hydrogen (secondary N) is 1. The second-order valence-electron chi connectivity index (χ2n) is 6.60. The first-order chi connectivity index (χ1) is 10.1. The van der Waals surface area contributed by atoms with Crippen LogP contribution in [0.4, 0.5) is 5.95 Å². The number of nitrogens with zero attached hydrogens (tertiary/aromatic N) is 3. The van der Waals surface area contributed by atoms with Gasteiger partial charge in [0.2, 0.25) is 11.9 Å². The molecule has 1 amide bonds. The van der Waals surface area contributed by atoms with Gasteiger partial charge in [-0.25, -0.2) is 9.97 Å². The Kier molecular flexibility index (Phi) is 3.83. The normalized spacial score (nSPS) is 24.3. The first kappa shape index (κ1) is 14.3. The highest BCUT2D eigenvalue weighted by Gasteiger charge is 2.43. The average Bonchev–Trinajstić information content (AvgIpc) is 2.92. The van der Waals surface area contributed by atoms with Gasteiger partial charge >= 0.3 is 0 Å². The van der Waals surface area contributed by atoms with Gasteiger partial charge in [0.1, 0.15) is 0 Å². The SMILES string of the molecule is CNC(=O)C1CCC2(CCN(c3ncc(C)cn3)CC2)C1. The molecule has 1 aliphatic carbocycles. The van der Waals surface area contributed by atoms with E-state index >= 15 is 0 Å². The second-order valence-corrected chi connectivity index (χ2v) is 6.60. The van der Waals surface area contributed by atoms with Gasteiger partial charge in [-0.05, 0) is 50.0 Å². The third-order valence-electron chi connectivity index (χ3n) is 5.19. The van der Waals surface area contributed by atoms with Crippen molar-refractivity contribution in [2.24, 2.45) is 11.3 Å². The minimum absolute atomic E-state index is 0.219. The van der Waals surface area contributed by atoms with Gasteiger partial charge in [-0.15, -0.1) is 0 Å². The molecule has 0 radical (unpaired) electrons. The van der Waals surface area contributed by atoms with Crippen molar-refractivity contribution in [3.05, 3.63) is 18.0 Å². The third kappa shape index (κ3) is 2.87. The molecule has 21 heavy (non-hydrogen) atoms. The summed E-state index contributed by atoms with van der Waals surface area (Å²) in [6.07, 6.45) is 9.34.